The van der Waals surface area contributed by atoms with E-state index in [1.54, 1.807) is 18.2 Å². The Morgan fingerprint density at radius 3 is 3.05 bits per heavy atom. The molecular weight excluding hydrogens is 290 g/mol. The molecule has 0 aliphatic heterocycles. The van der Waals surface area contributed by atoms with Gasteiger partial charge < -0.3 is 9.73 Å². The van der Waals surface area contributed by atoms with Gasteiger partial charge in [0.2, 0.25) is 12.3 Å². The molecular formula is C13H11N5O2S. The van der Waals surface area contributed by atoms with E-state index < -0.39 is 0 Å². The lowest BCUT2D eigenvalue weighted by molar-refractivity contribution is 0.102. The minimum absolute atomic E-state index is 0.218. The van der Waals surface area contributed by atoms with Gasteiger partial charge in [0, 0.05) is 11.3 Å². The summed E-state index contributed by atoms with van der Waals surface area (Å²) in [6, 6.07) is 7.19. The molecule has 8 heteroatoms. The van der Waals surface area contributed by atoms with Crippen molar-refractivity contribution in [1.29, 1.82) is 0 Å². The normalized spacial score (nSPS) is 10.5. The Labute approximate surface area is 124 Å². The largest absolute Gasteiger partial charge is 0.423 e. The molecule has 0 saturated heterocycles. The van der Waals surface area contributed by atoms with Crippen molar-refractivity contribution in [3.05, 3.63) is 41.2 Å². The number of carbonyl (C=O) groups excluding carboxylic acids is 1. The second-order valence-corrected chi connectivity index (χ2v) is 4.94. The molecule has 106 valence electrons. The number of aromatic nitrogens is 4. The molecule has 21 heavy (non-hydrogen) atoms. The van der Waals surface area contributed by atoms with Crippen molar-refractivity contribution in [2.75, 3.05) is 5.32 Å². The molecule has 0 aliphatic carbocycles. The summed E-state index contributed by atoms with van der Waals surface area (Å²) in [6.07, 6.45) is 1.93. The number of amides is 1. The third kappa shape index (κ3) is 2.79. The molecule has 0 unspecified atom stereocenters. The van der Waals surface area contributed by atoms with E-state index in [0.717, 1.165) is 17.1 Å². The zero-order valence-electron chi connectivity index (χ0n) is 11.1. The van der Waals surface area contributed by atoms with E-state index in [4.69, 9.17) is 4.42 Å². The SMILES string of the molecule is CCc1nnsc1C(=O)Nc1cccc(-c2nnco2)c1. The lowest BCUT2D eigenvalue weighted by Gasteiger charge is -2.05. The summed E-state index contributed by atoms with van der Waals surface area (Å²) < 4.78 is 8.95. The maximum Gasteiger partial charge on any atom is 0.269 e. The highest BCUT2D eigenvalue weighted by atomic mass is 32.1. The number of nitrogens with zero attached hydrogens (tertiary/aromatic N) is 4. The first kappa shape index (κ1) is 13.4. The maximum absolute atomic E-state index is 12.2. The molecule has 0 bridgehead atoms. The van der Waals surface area contributed by atoms with Crippen molar-refractivity contribution in [1.82, 2.24) is 19.8 Å². The summed E-state index contributed by atoms with van der Waals surface area (Å²) in [4.78, 5) is 12.7. The first-order chi connectivity index (χ1) is 10.3. The number of rotatable bonds is 4. The number of aryl methyl sites for hydroxylation is 1. The Balaban J connectivity index is 1.82. The van der Waals surface area contributed by atoms with Crippen molar-refractivity contribution < 1.29 is 9.21 Å². The van der Waals surface area contributed by atoms with Crippen LogP contribution in [0.15, 0.2) is 35.1 Å². The van der Waals surface area contributed by atoms with Gasteiger partial charge in [-0.15, -0.1) is 15.3 Å². The summed E-state index contributed by atoms with van der Waals surface area (Å²) >= 11 is 1.09. The van der Waals surface area contributed by atoms with E-state index in [9.17, 15) is 4.79 Å². The van der Waals surface area contributed by atoms with Crippen LogP contribution in [0, 0.1) is 0 Å². The van der Waals surface area contributed by atoms with Crippen LogP contribution < -0.4 is 5.32 Å². The highest BCUT2D eigenvalue weighted by Crippen LogP contribution is 2.21. The van der Waals surface area contributed by atoms with Crippen molar-refractivity contribution in [3.8, 4) is 11.5 Å². The lowest BCUT2D eigenvalue weighted by atomic mass is 10.2. The van der Waals surface area contributed by atoms with E-state index in [-0.39, 0.29) is 5.91 Å². The molecule has 7 nitrogen and oxygen atoms in total. The molecule has 2 aromatic heterocycles. The molecule has 0 fully saturated rings. The van der Waals surface area contributed by atoms with Gasteiger partial charge in [-0.1, -0.05) is 17.5 Å². The Morgan fingerprint density at radius 2 is 2.29 bits per heavy atom. The van der Waals surface area contributed by atoms with E-state index in [1.807, 2.05) is 13.0 Å². The van der Waals surface area contributed by atoms with E-state index in [1.165, 1.54) is 6.39 Å². The number of carbonyl (C=O) groups is 1. The Kier molecular flexibility index (Phi) is 3.69. The van der Waals surface area contributed by atoms with E-state index >= 15 is 0 Å². The number of hydrogen-bond donors (Lipinski definition) is 1. The van der Waals surface area contributed by atoms with Gasteiger partial charge in [-0.05, 0) is 36.2 Å². The summed E-state index contributed by atoms with van der Waals surface area (Å²) in [5, 5.41) is 14.2. The van der Waals surface area contributed by atoms with Crippen LogP contribution in [0.3, 0.4) is 0 Å². The fraction of sp³-hybridized carbons (Fsp3) is 0.154. The molecule has 3 aromatic rings. The minimum atomic E-state index is -0.218. The van der Waals surface area contributed by atoms with Crippen LogP contribution in [0.25, 0.3) is 11.5 Å². The zero-order valence-corrected chi connectivity index (χ0v) is 11.9. The topological polar surface area (TPSA) is 93.8 Å². The minimum Gasteiger partial charge on any atom is -0.423 e. The average Bonchev–Trinajstić information content (AvgIpc) is 3.18. The molecule has 1 aromatic carbocycles. The first-order valence-electron chi connectivity index (χ1n) is 6.27. The molecule has 0 aliphatic rings. The predicted octanol–water partition coefficient (Wildman–Crippen LogP) is 2.40. The summed E-state index contributed by atoms with van der Waals surface area (Å²) in [7, 11) is 0. The van der Waals surface area contributed by atoms with Crippen molar-refractivity contribution in [2.45, 2.75) is 13.3 Å². The molecule has 0 spiro atoms. The van der Waals surface area contributed by atoms with Crippen molar-refractivity contribution in [3.63, 3.8) is 0 Å². The Morgan fingerprint density at radius 1 is 1.38 bits per heavy atom. The molecule has 0 atom stereocenters. The summed E-state index contributed by atoms with van der Waals surface area (Å²) in [5.41, 5.74) is 2.08. The molecule has 2 heterocycles. The zero-order chi connectivity index (χ0) is 14.7. The molecule has 1 amide bonds. The third-order valence-corrected chi connectivity index (χ3v) is 3.59. The standard InChI is InChI=1S/C13H11N5O2S/c1-2-10-11(21-18-16-10)12(19)15-9-5-3-4-8(6-9)13-17-14-7-20-13/h3-7H,2H2,1H3,(H,15,19). The van der Waals surface area contributed by atoms with Gasteiger partial charge in [0.25, 0.3) is 5.91 Å². The highest BCUT2D eigenvalue weighted by Gasteiger charge is 2.15. The van der Waals surface area contributed by atoms with Gasteiger partial charge in [0.05, 0.1) is 5.69 Å². The Bertz CT molecular complexity index is 754. The van der Waals surface area contributed by atoms with Crippen LogP contribution in [0.1, 0.15) is 22.3 Å². The van der Waals surface area contributed by atoms with E-state index in [2.05, 4.69) is 25.1 Å². The fourth-order valence-corrected chi connectivity index (χ4v) is 2.47. The maximum atomic E-state index is 12.2. The second-order valence-electron chi connectivity index (χ2n) is 4.18. The highest BCUT2D eigenvalue weighted by molar-refractivity contribution is 7.08. The lowest BCUT2D eigenvalue weighted by Crippen LogP contribution is -2.12. The second kappa shape index (κ2) is 5.80. The van der Waals surface area contributed by atoms with Gasteiger partial charge >= 0.3 is 0 Å². The van der Waals surface area contributed by atoms with Crippen LogP contribution >= 0.6 is 11.5 Å². The average molecular weight is 301 g/mol. The van der Waals surface area contributed by atoms with Gasteiger partial charge in [-0.3, -0.25) is 4.79 Å². The Hall–Kier alpha value is -2.61. The first-order valence-corrected chi connectivity index (χ1v) is 7.04. The van der Waals surface area contributed by atoms with Crippen LogP contribution in [0.4, 0.5) is 5.69 Å². The number of nitrogens with one attached hydrogen (secondary N) is 1. The van der Waals surface area contributed by atoms with Gasteiger partial charge in [0.1, 0.15) is 4.88 Å². The van der Waals surface area contributed by atoms with E-state index in [0.29, 0.717) is 28.6 Å². The van der Waals surface area contributed by atoms with Gasteiger partial charge in [-0.25, -0.2) is 0 Å². The summed E-state index contributed by atoms with van der Waals surface area (Å²) in [5.74, 6) is 0.185. The van der Waals surface area contributed by atoms with Gasteiger partial charge in [-0.2, -0.15) is 0 Å². The van der Waals surface area contributed by atoms with Crippen LogP contribution in [-0.4, -0.2) is 25.7 Å². The van der Waals surface area contributed by atoms with Gasteiger partial charge in [0.15, 0.2) is 0 Å². The molecule has 3 rings (SSSR count). The van der Waals surface area contributed by atoms with Crippen molar-refractivity contribution >= 4 is 23.1 Å². The third-order valence-electron chi connectivity index (χ3n) is 2.82. The number of benzene rings is 1. The number of anilines is 1. The molecule has 1 N–H and O–H groups in total. The fourth-order valence-electron chi connectivity index (χ4n) is 1.83. The van der Waals surface area contributed by atoms with Crippen molar-refractivity contribution in [2.24, 2.45) is 0 Å². The molecule has 0 saturated carbocycles. The van der Waals surface area contributed by atoms with Crippen LogP contribution in [-0.2, 0) is 6.42 Å². The quantitative estimate of drug-likeness (QED) is 0.795. The monoisotopic (exact) mass is 301 g/mol. The van der Waals surface area contributed by atoms with Crippen LogP contribution in [0.5, 0.6) is 0 Å². The number of hydrogen-bond acceptors (Lipinski definition) is 7. The smallest absolute Gasteiger partial charge is 0.269 e. The molecule has 0 radical (unpaired) electrons. The predicted molar refractivity (Wildman–Crippen MR) is 77.0 cm³/mol. The summed E-state index contributed by atoms with van der Waals surface area (Å²) in [6.45, 7) is 1.93. The van der Waals surface area contributed by atoms with Crippen LogP contribution in [0.2, 0.25) is 0 Å².